The number of amides is 3. The molecule has 1 fully saturated rings. The number of imide groups is 1. The molecule has 3 amide bonds. The SMILES string of the molecule is CC1C(=O)NC(=O)CN1C(=O)CSc1ccccc1. The predicted molar refractivity (Wildman–Crippen MR) is 71.5 cm³/mol. The van der Waals surface area contributed by atoms with E-state index in [1.165, 1.54) is 16.7 Å². The van der Waals surface area contributed by atoms with Crippen LogP contribution in [0.25, 0.3) is 0 Å². The molecule has 1 saturated heterocycles. The lowest BCUT2D eigenvalue weighted by molar-refractivity contribution is -0.148. The molecular weight excluding hydrogens is 264 g/mol. The highest BCUT2D eigenvalue weighted by Crippen LogP contribution is 2.18. The monoisotopic (exact) mass is 278 g/mol. The van der Waals surface area contributed by atoms with Gasteiger partial charge < -0.3 is 4.90 Å². The lowest BCUT2D eigenvalue weighted by Crippen LogP contribution is -2.59. The van der Waals surface area contributed by atoms with Gasteiger partial charge in [0, 0.05) is 4.90 Å². The van der Waals surface area contributed by atoms with Gasteiger partial charge in [0.1, 0.15) is 12.6 Å². The fourth-order valence-electron chi connectivity index (χ4n) is 1.76. The van der Waals surface area contributed by atoms with Crippen LogP contribution in [-0.2, 0) is 14.4 Å². The molecule has 0 spiro atoms. The Morgan fingerprint density at radius 2 is 2.05 bits per heavy atom. The predicted octanol–water partition coefficient (Wildman–Crippen LogP) is 0.652. The summed E-state index contributed by atoms with van der Waals surface area (Å²) >= 11 is 1.39. The third-order valence-corrected chi connectivity index (χ3v) is 3.85. The minimum absolute atomic E-state index is 0.0545. The third kappa shape index (κ3) is 3.35. The summed E-state index contributed by atoms with van der Waals surface area (Å²) < 4.78 is 0. The summed E-state index contributed by atoms with van der Waals surface area (Å²) in [6.07, 6.45) is 0. The Bertz CT molecular complexity index is 504. The molecule has 1 aromatic rings. The Labute approximate surface area is 115 Å². The number of nitrogens with zero attached hydrogens (tertiary/aromatic N) is 1. The fraction of sp³-hybridized carbons (Fsp3) is 0.308. The molecule has 1 aliphatic rings. The molecular formula is C13H14N2O3S. The van der Waals surface area contributed by atoms with Crippen molar-refractivity contribution in [2.45, 2.75) is 17.9 Å². The zero-order valence-corrected chi connectivity index (χ0v) is 11.3. The lowest BCUT2D eigenvalue weighted by Gasteiger charge is -2.31. The Kier molecular flexibility index (Phi) is 4.21. The van der Waals surface area contributed by atoms with Crippen molar-refractivity contribution < 1.29 is 14.4 Å². The maximum atomic E-state index is 12.0. The minimum Gasteiger partial charge on any atom is -0.321 e. The van der Waals surface area contributed by atoms with Crippen molar-refractivity contribution in [2.75, 3.05) is 12.3 Å². The van der Waals surface area contributed by atoms with E-state index in [1.807, 2.05) is 30.3 Å². The molecule has 19 heavy (non-hydrogen) atoms. The van der Waals surface area contributed by atoms with Crippen LogP contribution in [0.4, 0.5) is 0 Å². The Balaban J connectivity index is 1.95. The highest BCUT2D eigenvalue weighted by Gasteiger charge is 2.33. The first-order chi connectivity index (χ1) is 9.08. The topological polar surface area (TPSA) is 66.5 Å². The summed E-state index contributed by atoms with van der Waals surface area (Å²) in [6, 6.07) is 8.93. The number of carbonyl (C=O) groups excluding carboxylic acids is 3. The number of rotatable bonds is 3. The normalized spacial score (nSPS) is 19.2. The van der Waals surface area contributed by atoms with E-state index < -0.39 is 17.9 Å². The lowest BCUT2D eigenvalue weighted by atomic mass is 10.2. The van der Waals surface area contributed by atoms with Crippen molar-refractivity contribution in [2.24, 2.45) is 0 Å². The van der Waals surface area contributed by atoms with Crippen molar-refractivity contribution in [3.8, 4) is 0 Å². The van der Waals surface area contributed by atoms with E-state index in [0.717, 1.165) is 4.90 Å². The quantitative estimate of drug-likeness (QED) is 0.651. The van der Waals surface area contributed by atoms with E-state index in [1.54, 1.807) is 6.92 Å². The molecule has 1 heterocycles. The van der Waals surface area contributed by atoms with Crippen LogP contribution in [0.5, 0.6) is 0 Å². The molecule has 5 nitrogen and oxygen atoms in total. The second-order valence-corrected chi connectivity index (χ2v) is 5.26. The smallest absolute Gasteiger partial charge is 0.249 e. The van der Waals surface area contributed by atoms with E-state index in [9.17, 15) is 14.4 Å². The number of hydrogen-bond donors (Lipinski definition) is 1. The first-order valence-corrected chi connectivity index (χ1v) is 6.87. The van der Waals surface area contributed by atoms with Gasteiger partial charge in [-0.3, -0.25) is 19.7 Å². The molecule has 1 N–H and O–H groups in total. The highest BCUT2D eigenvalue weighted by atomic mass is 32.2. The first kappa shape index (κ1) is 13.6. The van der Waals surface area contributed by atoms with Crippen LogP contribution in [-0.4, -0.2) is 41.0 Å². The van der Waals surface area contributed by atoms with Crippen molar-refractivity contribution in [3.05, 3.63) is 30.3 Å². The van der Waals surface area contributed by atoms with Gasteiger partial charge in [0.05, 0.1) is 5.75 Å². The molecule has 0 aromatic heterocycles. The van der Waals surface area contributed by atoms with Gasteiger partial charge in [-0.25, -0.2) is 0 Å². The van der Waals surface area contributed by atoms with E-state index in [0.29, 0.717) is 0 Å². The summed E-state index contributed by atoms with van der Waals surface area (Å²) in [7, 11) is 0. The fourth-order valence-corrected chi connectivity index (χ4v) is 2.57. The van der Waals surface area contributed by atoms with Gasteiger partial charge in [-0.1, -0.05) is 18.2 Å². The molecule has 6 heteroatoms. The molecule has 0 radical (unpaired) electrons. The van der Waals surface area contributed by atoms with Crippen LogP contribution in [0.1, 0.15) is 6.92 Å². The van der Waals surface area contributed by atoms with Crippen molar-refractivity contribution in [1.29, 1.82) is 0 Å². The Morgan fingerprint density at radius 1 is 1.37 bits per heavy atom. The summed E-state index contributed by atoms with van der Waals surface area (Å²) in [5.74, 6) is -0.838. The molecule has 1 aromatic carbocycles. The summed E-state index contributed by atoms with van der Waals surface area (Å²) in [4.78, 5) is 37.1. The number of benzene rings is 1. The van der Waals surface area contributed by atoms with Gasteiger partial charge in [0.25, 0.3) is 0 Å². The highest BCUT2D eigenvalue weighted by molar-refractivity contribution is 8.00. The summed E-state index contributed by atoms with van der Waals surface area (Å²) in [5, 5.41) is 2.21. The van der Waals surface area contributed by atoms with Gasteiger partial charge in [-0.15, -0.1) is 11.8 Å². The van der Waals surface area contributed by atoms with E-state index in [4.69, 9.17) is 0 Å². The Hall–Kier alpha value is -1.82. The molecule has 0 saturated carbocycles. The van der Waals surface area contributed by atoms with E-state index >= 15 is 0 Å². The Morgan fingerprint density at radius 3 is 2.74 bits per heavy atom. The number of hydrogen-bond acceptors (Lipinski definition) is 4. The summed E-state index contributed by atoms with van der Waals surface area (Å²) in [5.41, 5.74) is 0. The van der Waals surface area contributed by atoms with Crippen molar-refractivity contribution >= 4 is 29.5 Å². The third-order valence-electron chi connectivity index (χ3n) is 2.85. The zero-order valence-electron chi connectivity index (χ0n) is 10.5. The molecule has 1 aliphatic heterocycles. The van der Waals surface area contributed by atoms with Crippen LogP contribution in [0.15, 0.2) is 35.2 Å². The number of nitrogens with one attached hydrogen (secondary N) is 1. The van der Waals surface area contributed by atoms with Crippen molar-refractivity contribution in [3.63, 3.8) is 0 Å². The minimum atomic E-state index is -0.596. The van der Waals surface area contributed by atoms with E-state index in [-0.39, 0.29) is 18.2 Å². The molecule has 1 atom stereocenters. The average molecular weight is 278 g/mol. The molecule has 2 rings (SSSR count). The number of piperazine rings is 1. The second-order valence-electron chi connectivity index (χ2n) is 4.21. The van der Waals surface area contributed by atoms with Crippen molar-refractivity contribution in [1.82, 2.24) is 10.2 Å². The summed E-state index contributed by atoms with van der Waals surface area (Å²) in [6.45, 7) is 1.56. The van der Waals surface area contributed by atoms with Crippen LogP contribution >= 0.6 is 11.8 Å². The maximum absolute atomic E-state index is 12.0. The average Bonchev–Trinajstić information content (AvgIpc) is 2.41. The van der Waals surface area contributed by atoms with Gasteiger partial charge in [-0.05, 0) is 19.1 Å². The van der Waals surface area contributed by atoms with Gasteiger partial charge >= 0.3 is 0 Å². The van der Waals surface area contributed by atoms with Gasteiger partial charge in [-0.2, -0.15) is 0 Å². The molecule has 100 valence electrons. The van der Waals surface area contributed by atoms with Crippen LogP contribution in [0.2, 0.25) is 0 Å². The standard InChI is InChI=1S/C13H14N2O3S/c1-9-13(18)14-11(16)7-15(9)12(17)8-19-10-5-3-2-4-6-10/h2-6,9H,7-8H2,1H3,(H,14,16,18). The van der Waals surface area contributed by atoms with Crippen LogP contribution in [0.3, 0.4) is 0 Å². The largest absolute Gasteiger partial charge is 0.321 e. The molecule has 1 unspecified atom stereocenters. The molecule has 0 aliphatic carbocycles. The van der Waals surface area contributed by atoms with Gasteiger partial charge in [0.2, 0.25) is 17.7 Å². The first-order valence-electron chi connectivity index (χ1n) is 5.89. The maximum Gasteiger partial charge on any atom is 0.249 e. The van der Waals surface area contributed by atoms with Crippen LogP contribution in [0, 0.1) is 0 Å². The second kappa shape index (κ2) is 5.88. The van der Waals surface area contributed by atoms with E-state index in [2.05, 4.69) is 5.32 Å². The zero-order chi connectivity index (χ0) is 13.8. The number of thioether (sulfide) groups is 1. The van der Waals surface area contributed by atoms with Gasteiger partial charge in [0.15, 0.2) is 0 Å². The van der Waals surface area contributed by atoms with Crippen LogP contribution < -0.4 is 5.32 Å². The number of carbonyl (C=O) groups is 3. The molecule has 0 bridgehead atoms.